The lowest BCUT2D eigenvalue weighted by atomic mass is 10.4. The molecule has 0 radical (unpaired) electrons. The minimum Gasteiger partial charge on any atom is -0.424 e. The van der Waals surface area contributed by atoms with Crippen LogP contribution in [0.5, 0.6) is 0 Å². The Balaban J connectivity index is 3.48. The summed E-state index contributed by atoms with van der Waals surface area (Å²) in [5, 5.41) is 8.93. The fourth-order valence-electron chi connectivity index (χ4n) is 0.804. The maximum absolute atomic E-state index is 11.2. The van der Waals surface area contributed by atoms with Crippen LogP contribution in [0.15, 0.2) is 15.8 Å². The van der Waals surface area contributed by atoms with E-state index in [1.165, 1.54) is 6.92 Å². The molecule has 0 aliphatic heterocycles. The first-order valence-electron chi connectivity index (χ1n) is 3.46. The molecule has 0 aromatic carbocycles. The van der Waals surface area contributed by atoms with Crippen LogP contribution in [-0.4, -0.2) is 20.8 Å². The van der Waals surface area contributed by atoms with Gasteiger partial charge < -0.3 is 15.8 Å². The van der Waals surface area contributed by atoms with E-state index in [1.54, 1.807) is 0 Å². The predicted molar refractivity (Wildman–Crippen MR) is 43.0 cm³/mol. The van der Waals surface area contributed by atoms with Gasteiger partial charge in [-0.2, -0.15) is 0 Å². The summed E-state index contributed by atoms with van der Waals surface area (Å²) in [5.41, 5.74) is 2.56. The summed E-state index contributed by atoms with van der Waals surface area (Å²) in [6.45, 7) is 1.33. The highest BCUT2D eigenvalue weighted by molar-refractivity contribution is 5.64. The Kier molecular flexibility index (Phi) is 2.28. The minimum absolute atomic E-state index is 0.0216. The minimum atomic E-state index is -1.32. The Hall–Kier alpha value is -2.25. The summed E-state index contributed by atoms with van der Waals surface area (Å²) in [6.07, 6.45) is -0.430. The molecular formula is C6H7N3O5. The quantitative estimate of drug-likeness (QED) is 0.513. The van der Waals surface area contributed by atoms with Gasteiger partial charge in [0.05, 0.1) is 6.20 Å². The molecule has 0 aliphatic carbocycles. The number of carbonyl (C=O) groups excluding carboxylic acids is 1. The fraction of sp³-hybridized carbons (Fsp3) is 0.167. The lowest BCUT2D eigenvalue weighted by Crippen LogP contribution is -2.46. The van der Waals surface area contributed by atoms with Crippen LogP contribution in [0.25, 0.3) is 0 Å². The van der Waals surface area contributed by atoms with E-state index in [1.807, 2.05) is 0 Å². The second-order valence-electron chi connectivity index (χ2n) is 2.45. The number of hydrogen-bond donors (Lipinski definition) is 2. The number of nitrogens with zero attached hydrogens (tertiary/aromatic N) is 2. The van der Waals surface area contributed by atoms with Gasteiger partial charge in [0, 0.05) is 5.56 Å². The third kappa shape index (κ3) is 1.58. The van der Waals surface area contributed by atoms with Crippen LogP contribution in [0.3, 0.4) is 0 Å². The second kappa shape index (κ2) is 3.24. The lowest BCUT2D eigenvalue weighted by Gasteiger charge is -2.04. The van der Waals surface area contributed by atoms with Crippen molar-refractivity contribution in [2.24, 2.45) is 5.73 Å². The molecule has 0 aliphatic rings. The van der Waals surface area contributed by atoms with E-state index in [9.17, 15) is 14.4 Å². The number of rotatable bonds is 1. The molecule has 1 rings (SSSR count). The molecule has 0 spiro atoms. The van der Waals surface area contributed by atoms with Gasteiger partial charge in [-0.1, -0.05) is 4.73 Å². The van der Waals surface area contributed by atoms with Crippen molar-refractivity contribution in [3.63, 3.8) is 0 Å². The first-order chi connectivity index (χ1) is 6.43. The molecule has 0 fully saturated rings. The molecular weight excluding hydrogens is 194 g/mol. The van der Waals surface area contributed by atoms with Crippen LogP contribution in [-0.2, 0) is 0 Å². The van der Waals surface area contributed by atoms with Crippen LogP contribution in [0.4, 0.5) is 4.79 Å². The summed E-state index contributed by atoms with van der Waals surface area (Å²) in [5.74, 6) is 0. The van der Waals surface area contributed by atoms with Crippen LogP contribution < -0.4 is 21.8 Å². The summed E-state index contributed by atoms with van der Waals surface area (Å²) >= 11 is 0. The Bertz CT molecular complexity index is 451. The zero-order valence-electron chi connectivity index (χ0n) is 7.13. The van der Waals surface area contributed by atoms with E-state index < -0.39 is 17.3 Å². The SMILES string of the molecule is Cc1cn(O)c(=O)n(OC(N)=O)c1=O. The average molecular weight is 201 g/mol. The molecule has 1 aromatic rings. The molecule has 3 N–H and O–H groups in total. The van der Waals surface area contributed by atoms with Crippen molar-refractivity contribution in [1.82, 2.24) is 9.46 Å². The van der Waals surface area contributed by atoms with Crippen molar-refractivity contribution in [3.05, 3.63) is 32.6 Å². The highest BCUT2D eigenvalue weighted by Gasteiger charge is 2.10. The van der Waals surface area contributed by atoms with Crippen LogP contribution in [0.1, 0.15) is 5.56 Å². The molecule has 1 aromatic heterocycles. The smallest absolute Gasteiger partial charge is 0.424 e. The van der Waals surface area contributed by atoms with Gasteiger partial charge in [0.1, 0.15) is 0 Å². The van der Waals surface area contributed by atoms with Crippen molar-refractivity contribution < 1.29 is 14.8 Å². The van der Waals surface area contributed by atoms with Crippen molar-refractivity contribution in [3.8, 4) is 0 Å². The standard InChI is InChI=1S/C6H7N3O5/c1-3-2-8(13)6(12)9(4(3)10)14-5(7)11/h2,13H,1H3,(H2,7,11). The van der Waals surface area contributed by atoms with E-state index in [2.05, 4.69) is 10.6 Å². The summed E-state index contributed by atoms with van der Waals surface area (Å²) < 4.78 is 0.178. The summed E-state index contributed by atoms with van der Waals surface area (Å²) in [4.78, 5) is 36.6. The van der Waals surface area contributed by atoms with Crippen molar-refractivity contribution in [2.45, 2.75) is 6.92 Å². The van der Waals surface area contributed by atoms with Gasteiger partial charge in [-0.05, 0) is 6.92 Å². The Morgan fingerprint density at radius 2 is 2.14 bits per heavy atom. The van der Waals surface area contributed by atoms with E-state index in [-0.39, 0.29) is 15.0 Å². The largest absolute Gasteiger partial charge is 0.429 e. The summed E-state index contributed by atoms with van der Waals surface area (Å²) in [7, 11) is 0. The van der Waals surface area contributed by atoms with Gasteiger partial charge in [0.15, 0.2) is 0 Å². The Labute approximate surface area is 76.7 Å². The maximum Gasteiger partial charge on any atom is 0.429 e. The van der Waals surface area contributed by atoms with Crippen molar-refractivity contribution in [1.29, 1.82) is 0 Å². The molecule has 0 atom stereocenters. The zero-order chi connectivity index (χ0) is 10.9. The van der Waals surface area contributed by atoms with E-state index in [4.69, 9.17) is 5.21 Å². The van der Waals surface area contributed by atoms with Gasteiger partial charge in [0.25, 0.3) is 5.56 Å². The number of nitrogens with two attached hydrogens (primary N) is 1. The van der Waals surface area contributed by atoms with E-state index in [0.717, 1.165) is 6.20 Å². The van der Waals surface area contributed by atoms with Crippen molar-refractivity contribution in [2.75, 3.05) is 0 Å². The third-order valence-corrected chi connectivity index (χ3v) is 1.39. The molecule has 76 valence electrons. The zero-order valence-corrected chi connectivity index (χ0v) is 7.13. The molecule has 0 saturated heterocycles. The highest BCUT2D eigenvalue weighted by Crippen LogP contribution is 1.81. The molecule has 1 amide bonds. The Morgan fingerprint density at radius 1 is 1.57 bits per heavy atom. The molecule has 1 heterocycles. The third-order valence-electron chi connectivity index (χ3n) is 1.39. The topological polar surface area (TPSA) is 117 Å². The number of carbonyl (C=O) groups is 1. The monoisotopic (exact) mass is 201 g/mol. The molecule has 0 unspecified atom stereocenters. The molecule has 8 heteroatoms. The number of amides is 1. The normalized spacial score (nSPS) is 9.79. The number of hydrogen-bond acceptors (Lipinski definition) is 5. The van der Waals surface area contributed by atoms with Crippen molar-refractivity contribution >= 4 is 6.09 Å². The lowest BCUT2D eigenvalue weighted by molar-refractivity contribution is 0.0986. The summed E-state index contributed by atoms with van der Waals surface area (Å²) in [6, 6.07) is 0. The van der Waals surface area contributed by atoms with E-state index >= 15 is 0 Å². The van der Waals surface area contributed by atoms with Gasteiger partial charge in [-0.25, -0.2) is 9.59 Å². The number of aromatic nitrogens is 2. The average Bonchev–Trinajstić information content (AvgIpc) is 2.09. The van der Waals surface area contributed by atoms with Crippen LogP contribution in [0, 0.1) is 6.92 Å². The van der Waals surface area contributed by atoms with E-state index in [0.29, 0.717) is 0 Å². The maximum atomic E-state index is 11.2. The number of primary amides is 1. The molecule has 8 nitrogen and oxygen atoms in total. The Morgan fingerprint density at radius 3 is 2.64 bits per heavy atom. The van der Waals surface area contributed by atoms with Gasteiger partial charge in [0.2, 0.25) is 0 Å². The molecule has 14 heavy (non-hydrogen) atoms. The number of aryl methyl sites for hydroxylation is 1. The first kappa shape index (κ1) is 9.84. The van der Waals surface area contributed by atoms with Crippen LogP contribution >= 0.6 is 0 Å². The predicted octanol–water partition coefficient (Wildman–Crippen LogP) is -1.94. The van der Waals surface area contributed by atoms with Crippen LogP contribution in [0.2, 0.25) is 0 Å². The molecule has 0 bridgehead atoms. The first-order valence-corrected chi connectivity index (χ1v) is 3.46. The second-order valence-corrected chi connectivity index (χ2v) is 2.45. The van der Waals surface area contributed by atoms with Gasteiger partial charge >= 0.3 is 11.8 Å². The molecule has 0 saturated carbocycles. The fourth-order valence-corrected chi connectivity index (χ4v) is 0.804. The van der Waals surface area contributed by atoms with Gasteiger partial charge in [-0.15, -0.1) is 4.73 Å². The van der Waals surface area contributed by atoms with Gasteiger partial charge in [-0.3, -0.25) is 4.79 Å². The highest BCUT2D eigenvalue weighted by atomic mass is 16.7.